The van der Waals surface area contributed by atoms with Crippen LogP contribution < -0.4 is 20.7 Å². The van der Waals surface area contributed by atoms with Gasteiger partial charge in [0.1, 0.15) is 0 Å². The van der Waals surface area contributed by atoms with Gasteiger partial charge in [-0.15, -0.1) is 0 Å². The molecule has 7 nitrogen and oxygen atoms in total. The van der Waals surface area contributed by atoms with Gasteiger partial charge in [-0.05, 0) is 41.8 Å². The van der Waals surface area contributed by atoms with Gasteiger partial charge in [-0.1, -0.05) is 31.2 Å². The van der Waals surface area contributed by atoms with Crippen molar-refractivity contribution in [3.63, 3.8) is 0 Å². The molecular formula is C25H25N3O4. The van der Waals surface area contributed by atoms with Gasteiger partial charge in [0.05, 0.1) is 25.3 Å². The quantitative estimate of drug-likeness (QED) is 0.483. The van der Waals surface area contributed by atoms with Crippen LogP contribution in [0.25, 0.3) is 33.4 Å². The number of ether oxygens (including phenoxy) is 2. The number of rotatable bonds is 5. The maximum Gasteiger partial charge on any atom is 0.332 e. The van der Waals surface area contributed by atoms with Crippen molar-refractivity contribution in [2.45, 2.75) is 13.3 Å². The summed E-state index contributed by atoms with van der Waals surface area (Å²) < 4.78 is 13.3. The standard InChI is InChI=1S/C25H25N3O4/c1-6-15-7-9-16(10-8-15)18-14-19(17-11-12-20(31-4)21(13-17)32-5)26-23-22(18)24(29)28(3)25(30)27(23)2/h7-14H,6H2,1-5H3. The fourth-order valence-electron chi connectivity index (χ4n) is 3.85. The number of hydrogen-bond acceptors (Lipinski definition) is 5. The highest BCUT2D eigenvalue weighted by atomic mass is 16.5. The van der Waals surface area contributed by atoms with E-state index in [1.54, 1.807) is 27.3 Å². The lowest BCUT2D eigenvalue weighted by Crippen LogP contribution is -2.37. The van der Waals surface area contributed by atoms with Gasteiger partial charge in [-0.2, -0.15) is 0 Å². The van der Waals surface area contributed by atoms with Crippen molar-refractivity contribution in [3.05, 3.63) is 74.9 Å². The summed E-state index contributed by atoms with van der Waals surface area (Å²) in [5, 5.41) is 0.406. The van der Waals surface area contributed by atoms with Crippen molar-refractivity contribution in [1.29, 1.82) is 0 Å². The fraction of sp³-hybridized carbons (Fsp3) is 0.240. The number of benzene rings is 2. The molecule has 0 aliphatic heterocycles. The van der Waals surface area contributed by atoms with E-state index >= 15 is 0 Å². The number of methoxy groups -OCH3 is 2. The van der Waals surface area contributed by atoms with Gasteiger partial charge in [-0.3, -0.25) is 13.9 Å². The van der Waals surface area contributed by atoms with Crippen molar-refractivity contribution >= 4 is 11.0 Å². The molecule has 0 saturated carbocycles. The Morgan fingerprint density at radius 3 is 2.12 bits per heavy atom. The molecule has 2 aromatic heterocycles. The first-order valence-electron chi connectivity index (χ1n) is 10.3. The van der Waals surface area contributed by atoms with Crippen LogP contribution in [0, 0.1) is 0 Å². The summed E-state index contributed by atoms with van der Waals surface area (Å²) in [6, 6.07) is 15.5. The van der Waals surface area contributed by atoms with E-state index in [2.05, 4.69) is 6.92 Å². The van der Waals surface area contributed by atoms with Crippen LogP contribution >= 0.6 is 0 Å². The van der Waals surface area contributed by atoms with Crippen molar-refractivity contribution < 1.29 is 9.47 Å². The van der Waals surface area contributed by atoms with Gasteiger partial charge in [0, 0.05) is 25.2 Å². The van der Waals surface area contributed by atoms with Gasteiger partial charge in [0.15, 0.2) is 17.1 Å². The van der Waals surface area contributed by atoms with Gasteiger partial charge in [0.2, 0.25) is 0 Å². The highest BCUT2D eigenvalue weighted by molar-refractivity contribution is 5.94. The monoisotopic (exact) mass is 431 g/mol. The molecule has 0 amide bonds. The van der Waals surface area contributed by atoms with Crippen molar-refractivity contribution in [2.24, 2.45) is 14.1 Å². The maximum absolute atomic E-state index is 13.1. The third kappa shape index (κ3) is 3.45. The predicted octanol–water partition coefficient (Wildman–Crippen LogP) is 3.55. The van der Waals surface area contributed by atoms with E-state index in [0.717, 1.165) is 27.7 Å². The molecule has 0 saturated heterocycles. The van der Waals surface area contributed by atoms with E-state index in [-0.39, 0.29) is 5.56 Å². The van der Waals surface area contributed by atoms with Gasteiger partial charge in [-0.25, -0.2) is 9.78 Å². The smallest absolute Gasteiger partial charge is 0.332 e. The number of nitrogens with zero attached hydrogens (tertiary/aromatic N) is 3. The molecular weight excluding hydrogens is 406 g/mol. The normalized spacial score (nSPS) is 11.0. The first-order valence-corrected chi connectivity index (χ1v) is 10.3. The van der Waals surface area contributed by atoms with Crippen molar-refractivity contribution in [2.75, 3.05) is 14.2 Å². The zero-order chi connectivity index (χ0) is 23.0. The molecule has 0 bridgehead atoms. The Morgan fingerprint density at radius 2 is 1.50 bits per heavy atom. The number of fused-ring (bicyclic) bond motifs is 1. The van der Waals surface area contributed by atoms with Crippen LogP contribution in [0.1, 0.15) is 12.5 Å². The summed E-state index contributed by atoms with van der Waals surface area (Å²) in [6.45, 7) is 2.09. The second kappa shape index (κ2) is 8.34. The van der Waals surface area contributed by atoms with Gasteiger partial charge < -0.3 is 9.47 Å². The highest BCUT2D eigenvalue weighted by Gasteiger charge is 2.18. The molecule has 0 radical (unpaired) electrons. The molecule has 7 heteroatoms. The number of aromatic nitrogens is 3. The lowest BCUT2D eigenvalue weighted by Gasteiger charge is -2.15. The third-order valence-electron chi connectivity index (χ3n) is 5.76. The van der Waals surface area contributed by atoms with Crippen molar-refractivity contribution in [3.8, 4) is 33.9 Å². The molecule has 164 valence electrons. The van der Waals surface area contributed by atoms with E-state index in [1.165, 1.54) is 17.2 Å². The summed E-state index contributed by atoms with van der Waals surface area (Å²) in [6.07, 6.45) is 0.921. The van der Waals surface area contributed by atoms with Crippen LogP contribution in [0.2, 0.25) is 0 Å². The number of hydrogen-bond donors (Lipinski definition) is 0. The van der Waals surface area contributed by atoms with E-state index in [0.29, 0.717) is 28.2 Å². The Kier molecular flexibility index (Phi) is 5.57. The van der Waals surface area contributed by atoms with Gasteiger partial charge >= 0.3 is 5.69 Å². The lowest BCUT2D eigenvalue weighted by atomic mass is 9.98. The van der Waals surface area contributed by atoms with Crippen LogP contribution in [-0.2, 0) is 20.5 Å². The summed E-state index contributed by atoms with van der Waals surface area (Å²) in [5.41, 5.74) is 3.74. The SMILES string of the molecule is CCc1ccc(-c2cc(-c3ccc(OC)c(OC)c3)nc3c2c(=O)n(C)c(=O)n3C)cc1. The Hall–Kier alpha value is -3.87. The molecule has 0 aliphatic carbocycles. The Labute approximate surface area is 185 Å². The number of aryl methyl sites for hydroxylation is 2. The minimum absolute atomic E-state index is 0.333. The van der Waals surface area contributed by atoms with E-state index in [4.69, 9.17) is 14.5 Å². The molecule has 4 aromatic rings. The van der Waals surface area contributed by atoms with E-state index in [1.807, 2.05) is 42.5 Å². The molecule has 0 N–H and O–H groups in total. The summed E-state index contributed by atoms with van der Waals surface area (Å²) in [4.78, 5) is 30.5. The average molecular weight is 431 g/mol. The molecule has 32 heavy (non-hydrogen) atoms. The van der Waals surface area contributed by atoms with Gasteiger partial charge in [0.25, 0.3) is 5.56 Å². The summed E-state index contributed by atoms with van der Waals surface area (Å²) in [5.74, 6) is 1.17. The molecule has 2 aromatic carbocycles. The average Bonchev–Trinajstić information content (AvgIpc) is 2.84. The molecule has 0 unspecified atom stereocenters. The van der Waals surface area contributed by atoms with Crippen LogP contribution in [0.15, 0.2) is 58.1 Å². The Bertz CT molecular complexity index is 1430. The molecule has 0 spiro atoms. The van der Waals surface area contributed by atoms with Crippen LogP contribution in [0.4, 0.5) is 0 Å². The van der Waals surface area contributed by atoms with E-state index < -0.39 is 5.69 Å². The minimum Gasteiger partial charge on any atom is -0.493 e. The second-order valence-electron chi connectivity index (χ2n) is 7.58. The zero-order valence-electron chi connectivity index (χ0n) is 18.8. The molecule has 0 atom stereocenters. The molecule has 4 rings (SSSR count). The minimum atomic E-state index is -0.424. The Morgan fingerprint density at radius 1 is 0.844 bits per heavy atom. The first kappa shape index (κ1) is 21.4. The third-order valence-corrected chi connectivity index (χ3v) is 5.76. The first-order chi connectivity index (χ1) is 15.4. The van der Waals surface area contributed by atoms with Crippen LogP contribution in [0.5, 0.6) is 11.5 Å². The summed E-state index contributed by atoms with van der Waals surface area (Å²) >= 11 is 0. The lowest BCUT2D eigenvalue weighted by molar-refractivity contribution is 0.355. The summed E-state index contributed by atoms with van der Waals surface area (Å²) in [7, 11) is 6.26. The second-order valence-corrected chi connectivity index (χ2v) is 7.58. The topological polar surface area (TPSA) is 75.3 Å². The molecule has 0 aliphatic rings. The fourth-order valence-corrected chi connectivity index (χ4v) is 3.85. The molecule has 0 fully saturated rings. The highest BCUT2D eigenvalue weighted by Crippen LogP contribution is 2.34. The van der Waals surface area contributed by atoms with Crippen molar-refractivity contribution in [1.82, 2.24) is 14.1 Å². The Balaban J connectivity index is 2.08. The zero-order valence-corrected chi connectivity index (χ0v) is 18.8. The number of pyridine rings is 1. The molecule has 2 heterocycles. The van der Waals surface area contributed by atoms with Crippen LogP contribution in [0.3, 0.4) is 0 Å². The maximum atomic E-state index is 13.1. The largest absolute Gasteiger partial charge is 0.493 e. The predicted molar refractivity (Wildman–Crippen MR) is 126 cm³/mol. The van der Waals surface area contributed by atoms with Crippen LogP contribution in [-0.4, -0.2) is 28.3 Å². The van der Waals surface area contributed by atoms with E-state index in [9.17, 15) is 9.59 Å².